The molecule has 1 amide bonds. The maximum absolute atomic E-state index is 11.8. The molecule has 2 heterocycles. The highest BCUT2D eigenvalue weighted by Crippen LogP contribution is 2.18. The number of likely N-dealkylation sites (tertiary alicyclic amines) is 1. The first-order valence-electron chi connectivity index (χ1n) is 4.70. The van der Waals surface area contributed by atoms with Gasteiger partial charge in [-0.25, -0.2) is 0 Å². The van der Waals surface area contributed by atoms with Crippen LogP contribution in [-0.2, 0) is 0 Å². The summed E-state index contributed by atoms with van der Waals surface area (Å²) in [5, 5.41) is 6.46. The number of nitrogens with zero attached hydrogens (tertiary/aromatic N) is 2. The van der Waals surface area contributed by atoms with Crippen LogP contribution in [0.15, 0.2) is 12.3 Å². The van der Waals surface area contributed by atoms with E-state index in [4.69, 9.17) is 0 Å². The van der Waals surface area contributed by atoms with Crippen molar-refractivity contribution in [3.63, 3.8) is 0 Å². The van der Waals surface area contributed by atoms with Gasteiger partial charge in [-0.15, -0.1) is 0 Å². The molecule has 1 aromatic heterocycles. The summed E-state index contributed by atoms with van der Waals surface area (Å²) in [6, 6.07) is 1.71. The SMILES string of the molecule is O=C(c1ccn[nH]1)N1CCC(Br)CC1. The minimum absolute atomic E-state index is 0.0573. The molecule has 2 rings (SSSR count). The van der Waals surface area contributed by atoms with Crippen molar-refractivity contribution in [3.8, 4) is 0 Å². The van der Waals surface area contributed by atoms with Crippen molar-refractivity contribution in [2.75, 3.05) is 13.1 Å². The minimum atomic E-state index is 0.0573. The quantitative estimate of drug-likeness (QED) is 0.774. The summed E-state index contributed by atoms with van der Waals surface area (Å²) in [6.07, 6.45) is 3.66. The highest BCUT2D eigenvalue weighted by atomic mass is 79.9. The molecule has 1 aliphatic heterocycles. The predicted molar refractivity (Wildman–Crippen MR) is 56.4 cm³/mol. The molecule has 0 spiro atoms. The van der Waals surface area contributed by atoms with Crippen LogP contribution in [0.25, 0.3) is 0 Å². The topological polar surface area (TPSA) is 49.0 Å². The number of aromatic amines is 1. The molecule has 0 aromatic carbocycles. The third kappa shape index (κ3) is 1.97. The second-order valence-corrected chi connectivity index (χ2v) is 4.73. The highest BCUT2D eigenvalue weighted by Gasteiger charge is 2.22. The van der Waals surface area contributed by atoms with Gasteiger partial charge in [-0.2, -0.15) is 5.10 Å². The van der Waals surface area contributed by atoms with Crippen LogP contribution in [0.1, 0.15) is 23.3 Å². The standard InChI is InChI=1S/C9H12BrN3O/c10-7-2-5-13(6-3-7)9(14)8-1-4-11-12-8/h1,4,7H,2-3,5-6H2,(H,11,12). The fourth-order valence-corrected chi connectivity index (χ4v) is 2.01. The number of halogens is 1. The molecule has 14 heavy (non-hydrogen) atoms. The third-order valence-electron chi connectivity index (χ3n) is 2.44. The molecule has 0 radical (unpaired) electrons. The number of carbonyl (C=O) groups excluding carboxylic acids is 1. The van der Waals surface area contributed by atoms with Crippen molar-refractivity contribution >= 4 is 21.8 Å². The van der Waals surface area contributed by atoms with Crippen LogP contribution in [0.2, 0.25) is 0 Å². The Morgan fingerprint density at radius 3 is 2.86 bits per heavy atom. The maximum Gasteiger partial charge on any atom is 0.271 e. The van der Waals surface area contributed by atoms with Gasteiger partial charge < -0.3 is 4.90 Å². The van der Waals surface area contributed by atoms with E-state index in [1.165, 1.54) is 0 Å². The van der Waals surface area contributed by atoms with Crippen molar-refractivity contribution in [1.29, 1.82) is 0 Å². The molecule has 5 heteroatoms. The molecule has 0 bridgehead atoms. The smallest absolute Gasteiger partial charge is 0.271 e. The molecule has 0 unspecified atom stereocenters. The van der Waals surface area contributed by atoms with Crippen LogP contribution in [0.3, 0.4) is 0 Å². The zero-order chi connectivity index (χ0) is 9.97. The van der Waals surface area contributed by atoms with Crippen LogP contribution in [-0.4, -0.2) is 38.9 Å². The zero-order valence-electron chi connectivity index (χ0n) is 7.74. The lowest BCUT2D eigenvalue weighted by atomic mass is 10.1. The van der Waals surface area contributed by atoms with Gasteiger partial charge in [0.05, 0.1) is 0 Å². The van der Waals surface area contributed by atoms with E-state index in [-0.39, 0.29) is 5.91 Å². The third-order valence-corrected chi connectivity index (χ3v) is 3.36. The Morgan fingerprint density at radius 2 is 2.29 bits per heavy atom. The summed E-state index contributed by atoms with van der Waals surface area (Å²) in [5.41, 5.74) is 0.582. The number of alkyl halides is 1. The zero-order valence-corrected chi connectivity index (χ0v) is 9.33. The van der Waals surface area contributed by atoms with Gasteiger partial charge in [0.25, 0.3) is 5.91 Å². The van der Waals surface area contributed by atoms with E-state index < -0.39 is 0 Å². The van der Waals surface area contributed by atoms with Gasteiger partial charge in [0, 0.05) is 24.1 Å². The monoisotopic (exact) mass is 257 g/mol. The number of piperidine rings is 1. The minimum Gasteiger partial charge on any atom is -0.337 e. The van der Waals surface area contributed by atoms with Crippen molar-refractivity contribution in [2.45, 2.75) is 17.7 Å². The largest absolute Gasteiger partial charge is 0.337 e. The lowest BCUT2D eigenvalue weighted by Crippen LogP contribution is -2.38. The summed E-state index contributed by atoms with van der Waals surface area (Å²) in [7, 11) is 0. The number of hydrogen-bond acceptors (Lipinski definition) is 2. The highest BCUT2D eigenvalue weighted by molar-refractivity contribution is 9.09. The Balaban J connectivity index is 1.99. The van der Waals surface area contributed by atoms with Crippen molar-refractivity contribution in [2.24, 2.45) is 0 Å². The number of hydrogen-bond donors (Lipinski definition) is 1. The van der Waals surface area contributed by atoms with E-state index in [9.17, 15) is 4.79 Å². The first kappa shape index (κ1) is 9.71. The van der Waals surface area contributed by atoms with Gasteiger partial charge in [0.1, 0.15) is 5.69 Å². The molecular weight excluding hydrogens is 246 g/mol. The molecule has 1 aliphatic rings. The average molecular weight is 258 g/mol. The van der Waals surface area contributed by atoms with Crippen LogP contribution in [0, 0.1) is 0 Å². The molecular formula is C9H12BrN3O. The van der Waals surface area contributed by atoms with E-state index in [2.05, 4.69) is 26.1 Å². The van der Waals surface area contributed by atoms with Crippen LogP contribution in [0.5, 0.6) is 0 Å². The molecule has 76 valence electrons. The normalized spacial score (nSPS) is 18.5. The summed E-state index contributed by atoms with van der Waals surface area (Å²) >= 11 is 3.56. The number of carbonyl (C=O) groups is 1. The summed E-state index contributed by atoms with van der Waals surface area (Å²) < 4.78 is 0. The fourth-order valence-electron chi connectivity index (χ4n) is 1.60. The Bertz CT molecular complexity index is 304. The molecule has 1 aromatic rings. The molecule has 1 saturated heterocycles. The number of amides is 1. The number of aromatic nitrogens is 2. The number of rotatable bonds is 1. The number of nitrogens with one attached hydrogen (secondary N) is 1. The lowest BCUT2D eigenvalue weighted by Gasteiger charge is -2.28. The van der Waals surface area contributed by atoms with Crippen LogP contribution >= 0.6 is 15.9 Å². The van der Waals surface area contributed by atoms with Crippen molar-refractivity contribution < 1.29 is 4.79 Å². The summed E-state index contributed by atoms with van der Waals surface area (Å²) in [6.45, 7) is 1.65. The first-order chi connectivity index (χ1) is 6.77. The predicted octanol–water partition coefficient (Wildman–Crippen LogP) is 1.41. The molecule has 0 saturated carbocycles. The van der Waals surface area contributed by atoms with Gasteiger partial charge in [0.15, 0.2) is 0 Å². The van der Waals surface area contributed by atoms with Gasteiger partial charge >= 0.3 is 0 Å². The second kappa shape index (κ2) is 4.13. The van der Waals surface area contributed by atoms with E-state index in [0.717, 1.165) is 25.9 Å². The Labute approximate surface area is 90.8 Å². The fraction of sp³-hybridized carbons (Fsp3) is 0.556. The lowest BCUT2D eigenvalue weighted by molar-refractivity contribution is 0.0722. The van der Waals surface area contributed by atoms with Crippen molar-refractivity contribution in [1.82, 2.24) is 15.1 Å². The molecule has 4 nitrogen and oxygen atoms in total. The second-order valence-electron chi connectivity index (χ2n) is 3.44. The van der Waals surface area contributed by atoms with E-state index >= 15 is 0 Å². The van der Waals surface area contributed by atoms with Gasteiger partial charge in [0.2, 0.25) is 0 Å². The maximum atomic E-state index is 11.8. The van der Waals surface area contributed by atoms with Crippen LogP contribution in [0.4, 0.5) is 0 Å². The Hall–Kier alpha value is -0.840. The Kier molecular flexibility index (Phi) is 2.86. The molecule has 0 aliphatic carbocycles. The molecule has 1 fully saturated rings. The first-order valence-corrected chi connectivity index (χ1v) is 5.61. The van der Waals surface area contributed by atoms with Gasteiger partial charge in [-0.05, 0) is 18.9 Å². The average Bonchev–Trinajstić information content (AvgIpc) is 2.71. The molecule has 1 N–H and O–H groups in total. The van der Waals surface area contributed by atoms with Gasteiger partial charge in [-0.3, -0.25) is 9.89 Å². The van der Waals surface area contributed by atoms with Crippen LogP contribution < -0.4 is 0 Å². The van der Waals surface area contributed by atoms with E-state index in [1.54, 1.807) is 12.3 Å². The van der Waals surface area contributed by atoms with E-state index in [1.807, 2.05) is 4.90 Å². The number of H-pyrrole nitrogens is 1. The summed E-state index contributed by atoms with van der Waals surface area (Å²) in [4.78, 5) is 14.2. The van der Waals surface area contributed by atoms with E-state index in [0.29, 0.717) is 10.5 Å². The molecule has 0 atom stereocenters. The summed E-state index contributed by atoms with van der Waals surface area (Å²) in [5.74, 6) is 0.0573. The van der Waals surface area contributed by atoms with Gasteiger partial charge in [-0.1, -0.05) is 15.9 Å². The van der Waals surface area contributed by atoms with Crippen molar-refractivity contribution in [3.05, 3.63) is 18.0 Å². The Morgan fingerprint density at radius 1 is 1.57 bits per heavy atom.